The van der Waals surface area contributed by atoms with Crippen LogP contribution in [-0.2, 0) is 6.54 Å². The fourth-order valence-electron chi connectivity index (χ4n) is 2.60. The molecule has 4 nitrogen and oxygen atoms in total. The molecule has 1 N–H and O–H groups in total. The molecule has 25 heavy (non-hydrogen) atoms. The van der Waals surface area contributed by atoms with Gasteiger partial charge >= 0.3 is 6.18 Å². The average Bonchev–Trinajstić information content (AvgIpc) is 2.55. The van der Waals surface area contributed by atoms with E-state index >= 15 is 0 Å². The molecule has 0 amide bonds. The van der Waals surface area contributed by atoms with Crippen LogP contribution in [0, 0.1) is 5.92 Å². The fourth-order valence-corrected chi connectivity index (χ4v) is 2.60. The first kappa shape index (κ1) is 21.9. The lowest BCUT2D eigenvalue weighted by molar-refractivity contribution is -0.153. The van der Waals surface area contributed by atoms with E-state index in [0.29, 0.717) is 6.54 Å². The molecule has 1 aliphatic rings. The Kier molecular flexibility index (Phi) is 8.81. The van der Waals surface area contributed by atoms with E-state index in [0.717, 1.165) is 43.4 Å². The summed E-state index contributed by atoms with van der Waals surface area (Å²) in [5, 5.41) is 3.30. The molecule has 0 radical (unpaired) electrons. The second-order valence-electron chi connectivity index (χ2n) is 6.12. The number of aliphatic imine (C=N–C) groups is 1. The third kappa shape index (κ3) is 7.70. The number of ether oxygens (including phenoxy) is 1. The van der Waals surface area contributed by atoms with Gasteiger partial charge in [-0.15, -0.1) is 24.0 Å². The molecule has 0 atom stereocenters. The molecule has 1 heterocycles. The number of rotatable bonds is 4. The quantitative estimate of drug-likeness (QED) is 0.409. The average molecular weight is 471 g/mol. The Balaban J connectivity index is 0.00000312. The highest BCUT2D eigenvalue weighted by Crippen LogP contribution is 2.19. The molecule has 0 aromatic heterocycles. The number of guanidine groups is 1. The number of halogens is 4. The Bertz CT molecular complexity index is 541. The number of alkyl halides is 3. The van der Waals surface area contributed by atoms with Gasteiger partial charge in [-0.05, 0) is 36.5 Å². The summed E-state index contributed by atoms with van der Waals surface area (Å²) in [7, 11) is 1.76. The highest BCUT2D eigenvalue weighted by molar-refractivity contribution is 14.0. The van der Waals surface area contributed by atoms with Crippen LogP contribution >= 0.6 is 24.0 Å². The van der Waals surface area contributed by atoms with E-state index in [1.807, 2.05) is 0 Å². The maximum Gasteiger partial charge on any atom is 0.422 e. The van der Waals surface area contributed by atoms with Gasteiger partial charge in [0.15, 0.2) is 12.6 Å². The van der Waals surface area contributed by atoms with E-state index in [9.17, 15) is 13.2 Å². The zero-order valence-corrected chi connectivity index (χ0v) is 16.8. The van der Waals surface area contributed by atoms with Crippen LogP contribution in [0.4, 0.5) is 13.2 Å². The van der Waals surface area contributed by atoms with Crippen molar-refractivity contribution in [3.63, 3.8) is 0 Å². The third-order valence-electron chi connectivity index (χ3n) is 4.07. The largest absolute Gasteiger partial charge is 0.484 e. The van der Waals surface area contributed by atoms with Crippen LogP contribution in [0.3, 0.4) is 0 Å². The fraction of sp³-hybridized carbons (Fsp3) is 0.588. The van der Waals surface area contributed by atoms with Crippen LogP contribution < -0.4 is 10.1 Å². The number of nitrogens with zero attached hydrogens (tertiary/aromatic N) is 2. The van der Waals surface area contributed by atoms with E-state index in [1.165, 1.54) is 0 Å². The van der Waals surface area contributed by atoms with Crippen LogP contribution in [0.5, 0.6) is 5.75 Å². The molecular weight excluding hydrogens is 446 g/mol. The Morgan fingerprint density at radius 1 is 1.24 bits per heavy atom. The van der Waals surface area contributed by atoms with Gasteiger partial charge in [0.05, 0.1) is 0 Å². The summed E-state index contributed by atoms with van der Waals surface area (Å²) in [6.45, 7) is 3.54. The molecule has 142 valence electrons. The Labute approximate surface area is 163 Å². The van der Waals surface area contributed by atoms with Crippen molar-refractivity contribution in [2.75, 3.05) is 26.7 Å². The molecule has 1 aliphatic heterocycles. The second kappa shape index (κ2) is 10.1. The zero-order chi connectivity index (χ0) is 17.6. The molecule has 1 aromatic rings. The number of nitrogens with one attached hydrogen (secondary N) is 1. The molecule has 2 rings (SSSR count). The Morgan fingerprint density at radius 2 is 1.84 bits per heavy atom. The predicted molar refractivity (Wildman–Crippen MR) is 104 cm³/mol. The number of benzene rings is 1. The van der Waals surface area contributed by atoms with Crippen molar-refractivity contribution < 1.29 is 17.9 Å². The summed E-state index contributed by atoms with van der Waals surface area (Å²) in [5.74, 6) is 1.83. The molecule has 1 fully saturated rings. The van der Waals surface area contributed by atoms with E-state index < -0.39 is 12.8 Å². The van der Waals surface area contributed by atoms with Gasteiger partial charge in [-0.1, -0.05) is 19.1 Å². The summed E-state index contributed by atoms with van der Waals surface area (Å²) in [5.41, 5.74) is 0.959. The minimum absolute atomic E-state index is 0. The van der Waals surface area contributed by atoms with Crippen molar-refractivity contribution in [2.24, 2.45) is 10.9 Å². The van der Waals surface area contributed by atoms with Gasteiger partial charge in [0.1, 0.15) is 5.75 Å². The third-order valence-corrected chi connectivity index (χ3v) is 4.07. The molecule has 0 aliphatic carbocycles. The first-order valence-electron chi connectivity index (χ1n) is 8.11. The maximum atomic E-state index is 12.1. The van der Waals surface area contributed by atoms with Gasteiger partial charge in [-0.2, -0.15) is 13.2 Å². The second-order valence-corrected chi connectivity index (χ2v) is 6.12. The first-order valence-corrected chi connectivity index (χ1v) is 8.11. The van der Waals surface area contributed by atoms with Gasteiger partial charge < -0.3 is 15.0 Å². The summed E-state index contributed by atoms with van der Waals surface area (Å²) < 4.78 is 41.1. The van der Waals surface area contributed by atoms with Crippen molar-refractivity contribution in [3.8, 4) is 5.75 Å². The smallest absolute Gasteiger partial charge is 0.422 e. The zero-order valence-electron chi connectivity index (χ0n) is 14.5. The van der Waals surface area contributed by atoms with Crippen LogP contribution in [0.2, 0.25) is 0 Å². The van der Waals surface area contributed by atoms with E-state index in [4.69, 9.17) is 4.74 Å². The van der Waals surface area contributed by atoms with E-state index in [-0.39, 0.29) is 29.7 Å². The minimum atomic E-state index is -4.32. The minimum Gasteiger partial charge on any atom is -0.484 e. The molecule has 8 heteroatoms. The van der Waals surface area contributed by atoms with Crippen molar-refractivity contribution in [1.82, 2.24) is 10.2 Å². The lowest BCUT2D eigenvalue weighted by Gasteiger charge is -2.32. The first-order chi connectivity index (χ1) is 11.4. The van der Waals surface area contributed by atoms with Crippen molar-refractivity contribution in [2.45, 2.75) is 32.5 Å². The van der Waals surface area contributed by atoms with Gasteiger partial charge in [0, 0.05) is 26.7 Å². The lowest BCUT2D eigenvalue weighted by atomic mass is 10.00. The van der Waals surface area contributed by atoms with Gasteiger partial charge in [-0.25, -0.2) is 0 Å². The molecule has 1 aromatic carbocycles. The summed E-state index contributed by atoms with van der Waals surface area (Å²) >= 11 is 0. The number of hydrogen-bond donors (Lipinski definition) is 1. The number of hydrogen-bond acceptors (Lipinski definition) is 2. The Morgan fingerprint density at radius 3 is 2.36 bits per heavy atom. The lowest BCUT2D eigenvalue weighted by Crippen LogP contribution is -2.45. The number of piperidine rings is 1. The van der Waals surface area contributed by atoms with Crippen LogP contribution in [0.1, 0.15) is 25.3 Å². The van der Waals surface area contributed by atoms with E-state index in [1.54, 1.807) is 31.3 Å². The monoisotopic (exact) mass is 471 g/mol. The van der Waals surface area contributed by atoms with E-state index in [2.05, 4.69) is 22.1 Å². The molecule has 0 bridgehead atoms. The van der Waals surface area contributed by atoms with Gasteiger partial charge in [0.2, 0.25) is 0 Å². The normalized spacial score (nSPS) is 16.4. The molecular formula is C17H25F3IN3O. The topological polar surface area (TPSA) is 36.9 Å². The predicted octanol–water partition coefficient (Wildman–Crippen LogP) is 4.05. The van der Waals surface area contributed by atoms with Gasteiger partial charge in [0.25, 0.3) is 0 Å². The van der Waals surface area contributed by atoms with Crippen molar-refractivity contribution in [1.29, 1.82) is 0 Å². The van der Waals surface area contributed by atoms with Crippen LogP contribution in [-0.4, -0.2) is 43.8 Å². The standard InChI is InChI=1S/C17H24F3N3O.HI/c1-13-7-9-23(10-8-13)16(21-2)22-11-14-3-5-15(6-4-14)24-12-17(18,19)20;/h3-6,13H,7-12H2,1-2H3,(H,21,22);1H. The van der Waals surface area contributed by atoms with Gasteiger partial charge in [-0.3, -0.25) is 4.99 Å². The number of likely N-dealkylation sites (tertiary alicyclic amines) is 1. The van der Waals surface area contributed by atoms with Crippen molar-refractivity contribution >= 4 is 29.9 Å². The van der Waals surface area contributed by atoms with Crippen LogP contribution in [0.25, 0.3) is 0 Å². The SMILES string of the molecule is CN=C(NCc1ccc(OCC(F)(F)F)cc1)N1CCC(C)CC1.I. The Hall–Kier alpha value is -1.19. The molecule has 0 saturated carbocycles. The summed E-state index contributed by atoms with van der Waals surface area (Å²) in [4.78, 5) is 6.54. The highest BCUT2D eigenvalue weighted by atomic mass is 127. The van der Waals surface area contributed by atoms with Crippen molar-refractivity contribution in [3.05, 3.63) is 29.8 Å². The maximum absolute atomic E-state index is 12.1. The molecule has 0 spiro atoms. The molecule has 0 unspecified atom stereocenters. The van der Waals surface area contributed by atoms with Crippen LogP contribution in [0.15, 0.2) is 29.3 Å². The molecule has 1 saturated heterocycles. The summed E-state index contributed by atoms with van der Waals surface area (Å²) in [6.07, 6.45) is -2.00. The highest BCUT2D eigenvalue weighted by Gasteiger charge is 2.28. The summed E-state index contributed by atoms with van der Waals surface area (Å²) in [6, 6.07) is 6.61.